The summed E-state index contributed by atoms with van der Waals surface area (Å²) in [6.07, 6.45) is 2.68. The van der Waals surface area contributed by atoms with Crippen LogP contribution >= 0.6 is 0 Å². The van der Waals surface area contributed by atoms with Crippen molar-refractivity contribution >= 4 is 9.84 Å². The first-order valence-corrected chi connectivity index (χ1v) is 6.70. The molecule has 86 valence electrons. The lowest BCUT2D eigenvalue weighted by molar-refractivity contribution is 0.355. The van der Waals surface area contributed by atoms with Crippen LogP contribution in [0, 0.1) is 0 Å². The summed E-state index contributed by atoms with van der Waals surface area (Å²) < 4.78 is 21.8. The molecule has 5 nitrogen and oxygen atoms in total. The number of hydrogen-bond acceptors (Lipinski definition) is 5. The Kier molecular flexibility index (Phi) is 6.26. The molecule has 0 amide bonds. The van der Waals surface area contributed by atoms with Crippen molar-refractivity contribution in [2.24, 2.45) is 5.84 Å². The third kappa shape index (κ3) is 8.43. The number of nitrogens with zero attached hydrogens (tertiary/aromatic N) is 1. The molecule has 0 fully saturated rings. The number of sulfone groups is 1. The van der Waals surface area contributed by atoms with Gasteiger partial charge in [-0.15, -0.1) is 0 Å². The molecule has 0 aliphatic heterocycles. The summed E-state index contributed by atoms with van der Waals surface area (Å²) in [6.45, 7) is 0.901. The van der Waals surface area contributed by atoms with Gasteiger partial charge in [0, 0.05) is 12.3 Å². The second kappa shape index (κ2) is 6.34. The average Bonchev–Trinajstić information content (AvgIpc) is 2.02. The molecule has 0 aromatic rings. The zero-order valence-electron chi connectivity index (χ0n) is 9.16. The monoisotopic (exact) mass is 223 g/mol. The van der Waals surface area contributed by atoms with E-state index in [9.17, 15) is 8.42 Å². The van der Waals surface area contributed by atoms with Crippen LogP contribution in [0.3, 0.4) is 0 Å². The van der Waals surface area contributed by atoms with Gasteiger partial charge in [0.25, 0.3) is 0 Å². The molecule has 1 unspecified atom stereocenters. The minimum Gasteiger partial charge on any atom is -0.309 e. The molecule has 0 rings (SSSR count). The second-order valence-electron chi connectivity index (χ2n) is 3.87. The van der Waals surface area contributed by atoms with E-state index in [4.69, 9.17) is 5.84 Å². The molecule has 3 N–H and O–H groups in total. The van der Waals surface area contributed by atoms with Gasteiger partial charge in [0.05, 0.1) is 5.75 Å². The molecular formula is C8H21N3O2S. The molecule has 1 atom stereocenters. The minimum atomic E-state index is -2.88. The van der Waals surface area contributed by atoms with Crippen LogP contribution in [0.1, 0.15) is 12.8 Å². The third-order valence-corrected chi connectivity index (χ3v) is 2.97. The van der Waals surface area contributed by atoms with Crippen LogP contribution in [0.5, 0.6) is 0 Å². The van der Waals surface area contributed by atoms with Gasteiger partial charge < -0.3 is 4.90 Å². The van der Waals surface area contributed by atoms with Crippen LogP contribution in [0.15, 0.2) is 0 Å². The van der Waals surface area contributed by atoms with Crippen LogP contribution in [0.4, 0.5) is 0 Å². The van der Waals surface area contributed by atoms with E-state index in [0.717, 1.165) is 13.0 Å². The predicted octanol–water partition coefficient (Wildman–Crippen LogP) is -0.795. The Morgan fingerprint density at radius 2 is 1.93 bits per heavy atom. The van der Waals surface area contributed by atoms with Gasteiger partial charge in [0.15, 0.2) is 0 Å². The third-order valence-electron chi connectivity index (χ3n) is 2.00. The van der Waals surface area contributed by atoms with Crippen molar-refractivity contribution in [3.8, 4) is 0 Å². The van der Waals surface area contributed by atoms with Crippen molar-refractivity contribution in [3.05, 3.63) is 0 Å². The van der Waals surface area contributed by atoms with E-state index in [1.54, 1.807) is 0 Å². The van der Waals surface area contributed by atoms with Crippen LogP contribution in [0.2, 0.25) is 0 Å². The van der Waals surface area contributed by atoms with Crippen molar-refractivity contribution in [3.63, 3.8) is 0 Å². The molecule has 0 aromatic heterocycles. The highest BCUT2D eigenvalue weighted by atomic mass is 32.2. The lowest BCUT2D eigenvalue weighted by Gasteiger charge is -2.17. The van der Waals surface area contributed by atoms with Crippen molar-refractivity contribution in [1.82, 2.24) is 10.3 Å². The van der Waals surface area contributed by atoms with E-state index in [1.807, 2.05) is 19.0 Å². The summed E-state index contributed by atoms with van der Waals surface area (Å²) >= 11 is 0. The molecule has 0 saturated carbocycles. The summed E-state index contributed by atoms with van der Waals surface area (Å²) in [5.74, 6) is 5.51. The Morgan fingerprint density at radius 1 is 1.36 bits per heavy atom. The Balaban J connectivity index is 3.80. The van der Waals surface area contributed by atoms with E-state index in [0.29, 0.717) is 6.42 Å². The standard InChI is InChI=1S/C8H21N3O2S/c1-11(2)6-4-8(10-9)5-7-14(3,12)13/h8,10H,4-7,9H2,1-3H3. The quantitative estimate of drug-likeness (QED) is 0.437. The smallest absolute Gasteiger partial charge is 0.147 e. The molecular weight excluding hydrogens is 202 g/mol. The van der Waals surface area contributed by atoms with Crippen LogP contribution in [-0.2, 0) is 9.84 Å². The summed E-state index contributed by atoms with van der Waals surface area (Å²) in [6, 6.07) is 0.0760. The molecule has 0 aromatic carbocycles. The van der Waals surface area contributed by atoms with Crippen molar-refractivity contribution < 1.29 is 8.42 Å². The highest BCUT2D eigenvalue weighted by Crippen LogP contribution is 2.00. The van der Waals surface area contributed by atoms with E-state index in [1.165, 1.54) is 6.26 Å². The molecule has 0 bridgehead atoms. The summed E-state index contributed by atoms with van der Waals surface area (Å²) in [5, 5.41) is 0. The zero-order chi connectivity index (χ0) is 11.2. The number of nitrogens with two attached hydrogens (primary N) is 1. The first-order valence-electron chi connectivity index (χ1n) is 4.63. The van der Waals surface area contributed by atoms with Gasteiger partial charge in [0.1, 0.15) is 9.84 Å². The highest BCUT2D eigenvalue weighted by Gasteiger charge is 2.10. The van der Waals surface area contributed by atoms with Gasteiger partial charge in [-0.1, -0.05) is 0 Å². The maximum absolute atomic E-state index is 10.9. The van der Waals surface area contributed by atoms with Gasteiger partial charge in [0.2, 0.25) is 0 Å². The predicted molar refractivity (Wildman–Crippen MR) is 58.6 cm³/mol. The maximum atomic E-state index is 10.9. The molecule has 0 radical (unpaired) electrons. The summed E-state index contributed by atoms with van der Waals surface area (Å²) in [4.78, 5) is 2.05. The van der Waals surface area contributed by atoms with Gasteiger partial charge in [-0.3, -0.25) is 11.3 Å². The lowest BCUT2D eigenvalue weighted by Crippen LogP contribution is -2.38. The second-order valence-corrected chi connectivity index (χ2v) is 6.13. The van der Waals surface area contributed by atoms with Crippen molar-refractivity contribution in [1.29, 1.82) is 0 Å². The molecule has 6 heteroatoms. The number of hydrogen-bond donors (Lipinski definition) is 2. The van der Waals surface area contributed by atoms with Crippen LogP contribution < -0.4 is 11.3 Å². The highest BCUT2D eigenvalue weighted by molar-refractivity contribution is 7.90. The fourth-order valence-electron chi connectivity index (χ4n) is 1.08. The van der Waals surface area contributed by atoms with E-state index < -0.39 is 9.84 Å². The molecule has 0 spiro atoms. The Hall–Kier alpha value is -0.170. The normalized spacial score (nSPS) is 14.6. The first kappa shape index (κ1) is 13.8. The van der Waals surface area contributed by atoms with Crippen LogP contribution in [-0.4, -0.2) is 52.0 Å². The minimum absolute atomic E-state index is 0.0760. The number of rotatable bonds is 7. The Labute approximate surface area is 86.5 Å². The first-order chi connectivity index (χ1) is 6.35. The van der Waals surface area contributed by atoms with Crippen LogP contribution in [0.25, 0.3) is 0 Å². The van der Waals surface area contributed by atoms with Gasteiger partial charge in [-0.25, -0.2) is 8.42 Å². The number of hydrazine groups is 1. The average molecular weight is 223 g/mol. The molecule has 14 heavy (non-hydrogen) atoms. The fraction of sp³-hybridized carbons (Fsp3) is 1.00. The van der Waals surface area contributed by atoms with Gasteiger partial charge in [-0.2, -0.15) is 0 Å². The zero-order valence-corrected chi connectivity index (χ0v) is 9.97. The van der Waals surface area contributed by atoms with Gasteiger partial charge in [-0.05, 0) is 33.5 Å². The Morgan fingerprint density at radius 3 is 2.29 bits per heavy atom. The number of nitrogens with one attached hydrogen (secondary N) is 1. The molecule has 0 aliphatic rings. The molecule has 0 aliphatic carbocycles. The Bertz CT molecular complexity index is 239. The van der Waals surface area contributed by atoms with E-state index >= 15 is 0 Å². The summed E-state index contributed by atoms with van der Waals surface area (Å²) in [5.41, 5.74) is 2.64. The van der Waals surface area contributed by atoms with E-state index in [-0.39, 0.29) is 11.8 Å². The topological polar surface area (TPSA) is 75.4 Å². The van der Waals surface area contributed by atoms with Gasteiger partial charge >= 0.3 is 0 Å². The van der Waals surface area contributed by atoms with E-state index in [2.05, 4.69) is 5.43 Å². The van der Waals surface area contributed by atoms with Crippen molar-refractivity contribution in [2.45, 2.75) is 18.9 Å². The fourth-order valence-corrected chi connectivity index (χ4v) is 1.79. The SMILES string of the molecule is CN(C)CCC(CCS(C)(=O)=O)NN. The summed E-state index contributed by atoms with van der Waals surface area (Å²) in [7, 11) is 1.08. The largest absolute Gasteiger partial charge is 0.309 e. The lowest BCUT2D eigenvalue weighted by atomic mass is 10.1. The molecule has 0 heterocycles. The molecule has 0 saturated heterocycles. The maximum Gasteiger partial charge on any atom is 0.147 e. The van der Waals surface area contributed by atoms with Crippen molar-refractivity contribution in [2.75, 3.05) is 32.6 Å².